The molecule has 0 bridgehead atoms. The van der Waals surface area contributed by atoms with Crippen molar-refractivity contribution in [2.24, 2.45) is 11.7 Å². The summed E-state index contributed by atoms with van der Waals surface area (Å²) >= 11 is 0. The molecule has 1 unspecified atom stereocenters. The molecular formula is C14H22N2O3. The standard InChI is InChI=1S/C14H22N2O3/c1-10(9-15)4-3-7-16-14(18)11-5-6-13(19-2)12(17)8-11/h5-6,8,10,17H,3-4,7,9,15H2,1-2H3,(H,16,18). The monoisotopic (exact) mass is 266 g/mol. The fraction of sp³-hybridized carbons (Fsp3) is 0.500. The average molecular weight is 266 g/mol. The van der Waals surface area contributed by atoms with Crippen LogP contribution in [0.15, 0.2) is 18.2 Å². The maximum Gasteiger partial charge on any atom is 0.251 e. The Morgan fingerprint density at radius 1 is 1.53 bits per heavy atom. The minimum absolute atomic E-state index is 0.0353. The highest BCUT2D eigenvalue weighted by Crippen LogP contribution is 2.26. The Kier molecular flexibility index (Phi) is 6.15. The number of ether oxygens (including phenoxy) is 1. The molecule has 106 valence electrons. The van der Waals surface area contributed by atoms with Gasteiger partial charge in [-0.1, -0.05) is 6.92 Å². The molecule has 0 saturated heterocycles. The number of hydrogen-bond donors (Lipinski definition) is 3. The van der Waals surface area contributed by atoms with Crippen LogP contribution in [0.5, 0.6) is 11.5 Å². The third-order valence-corrected chi connectivity index (χ3v) is 3.00. The maximum atomic E-state index is 11.8. The number of carbonyl (C=O) groups excluding carboxylic acids is 1. The van der Waals surface area contributed by atoms with Gasteiger partial charge in [0.15, 0.2) is 11.5 Å². The summed E-state index contributed by atoms with van der Waals surface area (Å²) in [7, 11) is 1.47. The van der Waals surface area contributed by atoms with Crippen LogP contribution in [-0.2, 0) is 0 Å². The predicted molar refractivity (Wildman–Crippen MR) is 74.4 cm³/mol. The molecule has 0 aliphatic rings. The summed E-state index contributed by atoms with van der Waals surface area (Å²) in [6.07, 6.45) is 1.89. The third kappa shape index (κ3) is 4.79. The van der Waals surface area contributed by atoms with Gasteiger partial charge in [-0.3, -0.25) is 4.79 Å². The lowest BCUT2D eigenvalue weighted by Gasteiger charge is -2.09. The number of phenols is 1. The molecule has 1 rings (SSSR count). The molecule has 1 atom stereocenters. The van der Waals surface area contributed by atoms with Gasteiger partial charge >= 0.3 is 0 Å². The summed E-state index contributed by atoms with van der Waals surface area (Å²) < 4.78 is 4.92. The first-order chi connectivity index (χ1) is 9.08. The molecule has 0 aromatic heterocycles. The van der Waals surface area contributed by atoms with Crippen LogP contribution in [0, 0.1) is 5.92 Å². The molecule has 1 aromatic carbocycles. The second-order valence-electron chi connectivity index (χ2n) is 4.63. The number of hydrogen-bond acceptors (Lipinski definition) is 4. The van der Waals surface area contributed by atoms with Crippen molar-refractivity contribution in [2.75, 3.05) is 20.2 Å². The Balaban J connectivity index is 2.43. The number of methoxy groups -OCH3 is 1. The zero-order valence-corrected chi connectivity index (χ0v) is 11.5. The highest BCUT2D eigenvalue weighted by molar-refractivity contribution is 5.94. The molecule has 1 aromatic rings. The number of carbonyl (C=O) groups is 1. The van der Waals surface area contributed by atoms with Crippen molar-refractivity contribution in [1.29, 1.82) is 0 Å². The Labute approximate surface area is 113 Å². The summed E-state index contributed by atoms with van der Waals surface area (Å²) in [6, 6.07) is 4.59. The quantitative estimate of drug-likeness (QED) is 0.653. The molecule has 0 aliphatic carbocycles. The molecule has 0 heterocycles. The van der Waals surface area contributed by atoms with E-state index in [-0.39, 0.29) is 11.7 Å². The van der Waals surface area contributed by atoms with E-state index in [0.717, 1.165) is 12.8 Å². The van der Waals surface area contributed by atoms with Gasteiger partial charge in [0.2, 0.25) is 0 Å². The van der Waals surface area contributed by atoms with Crippen LogP contribution < -0.4 is 15.8 Å². The van der Waals surface area contributed by atoms with E-state index < -0.39 is 0 Å². The molecule has 1 amide bonds. The normalized spacial score (nSPS) is 11.9. The van der Waals surface area contributed by atoms with Crippen molar-refractivity contribution in [3.05, 3.63) is 23.8 Å². The molecule has 0 saturated carbocycles. The van der Waals surface area contributed by atoms with Crippen LogP contribution in [0.1, 0.15) is 30.1 Å². The average Bonchev–Trinajstić information content (AvgIpc) is 2.42. The Hall–Kier alpha value is -1.75. The molecule has 5 heteroatoms. The summed E-state index contributed by atoms with van der Waals surface area (Å²) in [4.78, 5) is 11.8. The van der Waals surface area contributed by atoms with Gasteiger partial charge in [0.25, 0.3) is 5.91 Å². The van der Waals surface area contributed by atoms with Gasteiger partial charge in [-0.05, 0) is 43.5 Å². The number of amides is 1. The smallest absolute Gasteiger partial charge is 0.251 e. The Bertz CT molecular complexity index is 421. The van der Waals surface area contributed by atoms with E-state index >= 15 is 0 Å². The van der Waals surface area contributed by atoms with Gasteiger partial charge in [0.05, 0.1) is 7.11 Å². The lowest BCUT2D eigenvalue weighted by Crippen LogP contribution is -2.25. The van der Waals surface area contributed by atoms with Crippen LogP contribution in [0.25, 0.3) is 0 Å². The topological polar surface area (TPSA) is 84.6 Å². The van der Waals surface area contributed by atoms with E-state index in [1.54, 1.807) is 12.1 Å². The second-order valence-corrected chi connectivity index (χ2v) is 4.63. The van der Waals surface area contributed by atoms with Crippen LogP contribution in [0.4, 0.5) is 0 Å². The number of nitrogens with one attached hydrogen (secondary N) is 1. The minimum atomic E-state index is -0.196. The first kappa shape index (κ1) is 15.3. The van der Waals surface area contributed by atoms with E-state index in [1.165, 1.54) is 13.2 Å². The number of nitrogens with two attached hydrogens (primary N) is 1. The summed E-state index contributed by atoms with van der Waals surface area (Å²) in [5.74, 6) is 0.598. The number of benzene rings is 1. The van der Waals surface area contributed by atoms with Crippen molar-refractivity contribution in [3.63, 3.8) is 0 Å². The Morgan fingerprint density at radius 2 is 2.26 bits per heavy atom. The van der Waals surface area contributed by atoms with E-state index in [2.05, 4.69) is 12.2 Å². The van der Waals surface area contributed by atoms with Gasteiger partial charge in [-0.15, -0.1) is 0 Å². The zero-order valence-electron chi connectivity index (χ0n) is 11.5. The molecule has 0 radical (unpaired) electrons. The van der Waals surface area contributed by atoms with Crippen molar-refractivity contribution in [3.8, 4) is 11.5 Å². The lowest BCUT2D eigenvalue weighted by atomic mass is 10.1. The fourth-order valence-corrected chi connectivity index (χ4v) is 1.70. The summed E-state index contributed by atoms with van der Waals surface area (Å²) in [6.45, 7) is 3.36. The lowest BCUT2D eigenvalue weighted by molar-refractivity contribution is 0.0952. The highest BCUT2D eigenvalue weighted by Gasteiger charge is 2.09. The third-order valence-electron chi connectivity index (χ3n) is 3.00. The van der Waals surface area contributed by atoms with Crippen LogP contribution in [0.2, 0.25) is 0 Å². The molecule has 5 nitrogen and oxygen atoms in total. The molecule has 19 heavy (non-hydrogen) atoms. The minimum Gasteiger partial charge on any atom is -0.504 e. The molecule has 4 N–H and O–H groups in total. The second kappa shape index (κ2) is 7.63. The largest absolute Gasteiger partial charge is 0.504 e. The summed E-state index contributed by atoms with van der Waals surface area (Å²) in [5.41, 5.74) is 5.94. The first-order valence-corrected chi connectivity index (χ1v) is 6.43. The van der Waals surface area contributed by atoms with Gasteiger partial charge in [0, 0.05) is 12.1 Å². The van der Waals surface area contributed by atoms with Crippen LogP contribution >= 0.6 is 0 Å². The van der Waals surface area contributed by atoms with E-state index in [0.29, 0.717) is 30.3 Å². The number of rotatable bonds is 7. The van der Waals surface area contributed by atoms with Crippen molar-refractivity contribution in [2.45, 2.75) is 19.8 Å². The van der Waals surface area contributed by atoms with E-state index in [4.69, 9.17) is 10.5 Å². The highest BCUT2D eigenvalue weighted by atomic mass is 16.5. The van der Waals surface area contributed by atoms with Crippen molar-refractivity contribution < 1.29 is 14.6 Å². The van der Waals surface area contributed by atoms with Crippen LogP contribution in [0.3, 0.4) is 0 Å². The van der Waals surface area contributed by atoms with Gasteiger partial charge in [-0.2, -0.15) is 0 Å². The van der Waals surface area contributed by atoms with Crippen molar-refractivity contribution in [1.82, 2.24) is 5.32 Å². The van der Waals surface area contributed by atoms with E-state index in [9.17, 15) is 9.90 Å². The number of phenolic OH excluding ortho intramolecular Hbond substituents is 1. The maximum absolute atomic E-state index is 11.8. The first-order valence-electron chi connectivity index (χ1n) is 6.43. The molecule has 0 fully saturated rings. The van der Waals surface area contributed by atoms with Gasteiger partial charge in [0.1, 0.15) is 0 Å². The molecule has 0 spiro atoms. The van der Waals surface area contributed by atoms with Crippen LogP contribution in [-0.4, -0.2) is 31.2 Å². The summed E-state index contributed by atoms with van der Waals surface area (Å²) in [5, 5.41) is 12.4. The molecular weight excluding hydrogens is 244 g/mol. The number of aromatic hydroxyl groups is 1. The fourth-order valence-electron chi connectivity index (χ4n) is 1.70. The van der Waals surface area contributed by atoms with E-state index in [1.807, 2.05) is 0 Å². The van der Waals surface area contributed by atoms with Gasteiger partial charge < -0.3 is 20.9 Å². The SMILES string of the molecule is COc1ccc(C(=O)NCCCC(C)CN)cc1O. The predicted octanol–water partition coefficient (Wildman–Crippen LogP) is 1.51. The molecule has 0 aliphatic heterocycles. The Morgan fingerprint density at radius 3 is 2.84 bits per heavy atom. The van der Waals surface area contributed by atoms with Gasteiger partial charge in [-0.25, -0.2) is 0 Å². The zero-order chi connectivity index (χ0) is 14.3. The van der Waals surface area contributed by atoms with Crippen molar-refractivity contribution >= 4 is 5.91 Å².